The Kier molecular flexibility index (Phi) is 6.79. The Bertz CT molecular complexity index is 404. The molecule has 0 aromatic heterocycles. The quantitative estimate of drug-likeness (QED) is 0.633. The summed E-state index contributed by atoms with van der Waals surface area (Å²) in [5.41, 5.74) is 1.16. The fourth-order valence-corrected chi connectivity index (χ4v) is 1.85. The molecule has 0 spiro atoms. The van der Waals surface area contributed by atoms with E-state index in [0.717, 1.165) is 43.3 Å². The van der Waals surface area contributed by atoms with Crippen LogP contribution < -0.4 is 10.1 Å². The van der Waals surface area contributed by atoms with Crippen molar-refractivity contribution in [1.82, 2.24) is 10.2 Å². The molecule has 0 aliphatic rings. The normalized spacial score (nSPS) is 11.3. The van der Waals surface area contributed by atoms with Crippen LogP contribution in [-0.2, 0) is 6.54 Å². The van der Waals surface area contributed by atoms with Crippen molar-refractivity contribution in [3.8, 4) is 5.75 Å². The molecule has 0 bridgehead atoms. The number of methoxy groups -OCH3 is 1. The molecule has 4 nitrogen and oxygen atoms in total. The third kappa shape index (κ3) is 4.81. The number of nitrogens with one attached hydrogen (secondary N) is 1. The number of aliphatic imine (C=N–C) groups is 1. The monoisotopic (exact) mass is 263 g/mol. The lowest BCUT2D eigenvalue weighted by Gasteiger charge is -2.23. The summed E-state index contributed by atoms with van der Waals surface area (Å²) in [4.78, 5) is 6.70. The van der Waals surface area contributed by atoms with Crippen molar-refractivity contribution in [1.29, 1.82) is 0 Å². The average molecular weight is 263 g/mol. The van der Waals surface area contributed by atoms with Crippen molar-refractivity contribution < 1.29 is 4.74 Å². The fourth-order valence-electron chi connectivity index (χ4n) is 1.85. The summed E-state index contributed by atoms with van der Waals surface area (Å²) in [6.07, 6.45) is 1.05. The molecule has 1 N–H and O–H groups in total. The smallest absolute Gasteiger partial charge is 0.193 e. The van der Waals surface area contributed by atoms with Crippen molar-refractivity contribution in [2.45, 2.75) is 26.8 Å². The largest absolute Gasteiger partial charge is 0.496 e. The summed E-state index contributed by atoms with van der Waals surface area (Å²) in [6.45, 7) is 6.71. The van der Waals surface area contributed by atoms with Crippen LogP contribution in [0.3, 0.4) is 0 Å². The first kappa shape index (κ1) is 15.3. The Balaban J connectivity index is 2.77. The van der Waals surface area contributed by atoms with Gasteiger partial charge in [0.25, 0.3) is 0 Å². The highest BCUT2D eigenvalue weighted by Gasteiger charge is 2.09. The van der Waals surface area contributed by atoms with Crippen molar-refractivity contribution in [2.75, 3.05) is 27.2 Å². The molecule has 0 saturated heterocycles. The number of nitrogens with zero attached hydrogens (tertiary/aromatic N) is 2. The standard InChI is InChI=1S/C15H25N3O/c1-5-11-17-15(16-6-2)18(3)12-13-9-7-8-10-14(13)19-4/h7-10H,5-6,11-12H2,1-4H3,(H,16,17). The van der Waals surface area contributed by atoms with Crippen LogP contribution >= 0.6 is 0 Å². The summed E-state index contributed by atoms with van der Waals surface area (Å²) in [5, 5.41) is 3.31. The average Bonchev–Trinajstić information content (AvgIpc) is 2.44. The van der Waals surface area contributed by atoms with Crippen LogP contribution in [0.2, 0.25) is 0 Å². The van der Waals surface area contributed by atoms with Crippen LogP contribution in [0.25, 0.3) is 0 Å². The number of hydrogen-bond acceptors (Lipinski definition) is 2. The number of rotatable bonds is 6. The van der Waals surface area contributed by atoms with E-state index in [4.69, 9.17) is 4.74 Å². The number of ether oxygens (including phenoxy) is 1. The van der Waals surface area contributed by atoms with E-state index in [1.165, 1.54) is 0 Å². The van der Waals surface area contributed by atoms with Crippen molar-refractivity contribution >= 4 is 5.96 Å². The number of guanidine groups is 1. The summed E-state index contributed by atoms with van der Waals surface area (Å²) >= 11 is 0. The molecular weight excluding hydrogens is 238 g/mol. The molecule has 0 aliphatic carbocycles. The van der Waals surface area contributed by atoms with E-state index in [0.29, 0.717) is 0 Å². The Morgan fingerprint density at radius 3 is 2.68 bits per heavy atom. The zero-order valence-electron chi connectivity index (χ0n) is 12.4. The second kappa shape index (κ2) is 8.40. The molecule has 0 atom stereocenters. The molecule has 1 aromatic carbocycles. The highest BCUT2D eigenvalue weighted by Crippen LogP contribution is 2.18. The molecule has 19 heavy (non-hydrogen) atoms. The Morgan fingerprint density at radius 2 is 2.05 bits per heavy atom. The summed E-state index contributed by atoms with van der Waals surface area (Å²) < 4.78 is 5.38. The number of para-hydroxylation sites is 1. The van der Waals surface area contributed by atoms with Gasteiger partial charge in [-0.3, -0.25) is 4.99 Å². The zero-order valence-corrected chi connectivity index (χ0v) is 12.4. The maximum atomic E-state index is 5.38. The second-order valence-electron chi connectivity index (χ2n) is 4.40. The van der Waals surface area contributed by atoms with E-state index in [9.17, 15) is 0 Å². The van der Waals surface area contributed by atoms with Gasteiger partial charge >= 0.3 is 0 Å². The van der Waals surface area contributed by atoms with Gasteiger partial charge in [0, 0.05) is 32.2 Å². The molecule has 0 saturated carbocycles. The first-order valence-corrected chi connectivity index (χ1v) is 6.84. The molecule has 0 radical (unpaired) electrons. The summed E-state index contributed by atoms with van der Waals surface area (Å²) in [5.74, 6) is 1.86. The molecule has 106 valence electrons. The van der Waals surface area contributed by atoms with E-state index in [1.54, 1.807) is 7.11 Å². The van der Waals surface area contributed by atoms with Gasteiger partial charge in [-0.1, -0.05) is 25.1 Å². The van der Waals surface area contributed by atoms with Gasteiger partial charge in [0.2, 0.25) is 0 Å². The van der Waals surface area contributed by atoms with Gasteiger partial charge in [-0.05, 0) is 19.4 Å². The highest BCUT2D eigenvalue weighted by molar-refractivity contribution is 5.79. The van der Waals surface area contributed by atoms with E-state index in [2.05, 4.69) is 35.1 Å². The molecule has 0 unspecified atom stereocenters. The number of benzene rings is 1. The van der Waals surface area contributed by atoms with Gasteiger partial charge in [-0.15, -0.1) is 0 Å². The minimum Gasteiger partial charge on any atom is -0.496 e. The summed E-state index contributed by atoms with van der Waals surface area (Å²) in [6, 6.07) is 8.08. The number of hydrogen-bond donors (Lipinski definition) is 1. The second-order valence-corrected chi connectivity index (χ2v) is 4.40. The predicted molar refractivity (Wildman–Crippen MR) is 80.7 cm³/mol. The fraction of sp³-hybridized carbons (Fsp3) is 0.533. The van der Waals surface area contributed by atoms with E-state index in [1.807, 2.05) is 25.2 Å². The minimum atomic E-state index is 0.777. The molecular formula is C15H25N3O. The lowest BCUT2D eigenvalue weighted by Crippen LogP contribution is -2.38. The Labute approximate surface area is 116 Å². The zero-order chi connectivity index (χ0) is 14.1. The van der Waals surface area contributed by atoms with Crippen molar-refractivity contribution in [3.63, 3.8) is 0 Å². The lowest BCUT2D eigenvalue weighted by molar-refractivity contribution is 0.396. The van der Waals surface area contributed by atoms with E-state index in [-0.39, 0.29) is 0 Å². The van der Waals surface area contributed by atoms with Crippen LogP contribution in [0, 0.1) is 0 Å². The van der Waals surface area contributed by atoms with Crippen LogP contribution in [-0.4, -0.2) is 38.1 Å². The van der Waals surface area contributed by atoms with Crippen molar-refractivity contribution in [3.05, 3.63) is 29.8 Å². The highest BCUT2D eigenvalue weighted by atomic mass is 16.5. The molecule has 0 amide bonds. The first-order chi connectivity index (χ1) is 9.22. The van der Waals surface area contributed by atoms with E-state index >= 15 is 0 Å². The van der Waals surface area contributed by atoms with Gasteiger partial charge in [0.05, 0.1) is 7.11 Å². The molecule has 1 aromatic rings. The third-order valence-corrected chi connectivity index (χ3v) is 2.78. The van der Waals surface area contributed by atoms with Gasteiger partial charge in [-0.25, -0.2) is 0 Å². The van der Waals surface area contributed by atoms with Gasteiger partial charge < -0.3 is 15.0 Å². The van der Waals surface area contributed by atoms with Crippen LogP contribution in [0.15, 0.2) is 29.3 Å². The lowest BCUT2D eigenvalue weighted by atomic mass is 10.2. The first-order valence-electron chi connectivity index (χ1n) is 6.84. The SMILES string of the molecule is CCCN=C(NCC)N(C)Cc1ccccc1OC. The van der Waals surface area contributed by atoms with Gasteiger partial charge in [0.1, 0.15) is 5.75 Å². The van der Waals surface area contributed by atoms with Crippen LogP contribution in [0.1, 0.15) is 25.8 Å². The molecule has 4 heteroatoms. The molecule has 0 fully saturated rings. The molecule has 0 aliphatic heterocycles. The van der Waals surface area contributed by atoms with Gasteiger partial charge in [0.15, 0.2) is 5.96 Å². The van der Waals surface area contributed by atoms with E-state index < -0.39 is 0 Å². The minimum absolute atomic E-state index is 0.777. The predicted octanol–water partition coefficient (Wildman–Crippen LogP) is 2.50. The Morgan fingerprint density at radius 1 is 1.32 bits per heavy atom. The molecule has 0 heterocycles. The topological polar surface area (TPSA) is 36.9 Å². The van der Waals surface area contributed by atoms with Crippen LogP contribution in [0.5, 0.6) is 5.75 Å². The Hall–Kier alpha value is -1.71. The summed E-state index contributed by atoms with van der Waals surface area (Å²) in [7, 11) is 3.75. The third-order valence-electron chi connectivity index (χ3n) is 2.78. The van der Waals surface area contributed by atoms with Crippen molar-refractivity contribution in [2.24, 2.45) is 4.99 Å². The maximum absolute atomic E-state index is 5.38. The van der Waals surface area contributed by atoms with Crippen LogP contribution in [0.4, 0.5) is 0 Å². The molecule has 1 rings (SSSR count). The van der Waals surface area contributed by atoms with Gasteiger partial charge in [-0.2, -0.15) is 0 Å². The maximum Gasteiger partial charge on any atom is 0.193 e.